The van der Waals surface area contributed by atoms with Gasteiger partial charge in [-0.25, -0.2) is 4.79 Å². The first-order valence-electron chi connectivity index (χ1n) is 7.60. The van der Waals surface area contributed by atoms with Crippen LogP contribution in [0, 0.1) is 0 Å². The van der Waals surface area contributed by atoms with Gasteiger partial charge in [0.05, 0.1) is 0 Å². The number of carbonyl (C=O) groups excluding carboxylic acids is 2. The van der Waals surface area contributed by atoms with Gasteiger partial charge in [0.15, 0.2) is 5.54 Å². The number of anilines is 1. The summed E-state index contributed by atoms with van der Waals surface area (Å²) in [5.41, 5.74) is -2.80. The molecule has 2 rings (SSSR count). The fraction of sp³-hybridized carbons (Fsp3) is 0.222. The number of ketones is 1. The molecule has 0 fully saturated rings. The molecule has 2 aromatic carbocycles. The van der Waals surface area contributed by atoms with E-state index in [1.165, 1.54) is 48.5 Å². The predicted octanol–water partition coefficient (Wildman–Crippen LogP) is 4.90. The molecule has 2 amide bonds. The summed E-state index contributed by atoms with van der Waals surface area (Å²) in [7, 11) is 0. The number of halogens is 4. The van der Waals surface area contributed by atoms with Crippen molar-refractivity contribution in [2.75, 3.05) is 5.32 Å². The summed E-state index contributed by atoms with van der Waals surface area (Å²) >= 11 is 5.74. The van der Waals surface area contributed by atoms with E-state index in [-0.39, 0.29) is 11.3 Å². The molecule has 1 atom stereocenters. The molecule has 0 aromatic heterocycles. The highest BCUT2D eigenvalue weighted by atomic mass is 35.5. The van der Waals surface area contributed by atoms with Gasteiger partial charge in [0.25, 0.3) is 0 Å². The molecule has 2 aromatic rings. The van der Waals surface area contributed by atoms with E-state index >= 15 is 0 Å². The van der Waals surface area contributed by atoms with Gasteiger partial charge in [0.2, 0.25) is 0 Å². The molecule has 26 heavy (non-hydrogen) atoms. The zero-order chi connectivity index (χ0) is 19.4. The molecule has 4 nitrogen and oxygen atoms in total. The van der Waals surface area contributed by atoms with Crippen LogP contribution in [0.4, 0.5) is 23.7 Å². The maximum absolute atomic E-state index is 14.0. The van der Waals surface area contributed by atoms with E-state index in [2.05, 4.69) is 5.32 Å². The van der Waals surface area contributed by atoms with Crippen LogP contribution in [0.15, 0.2) is 54.6 Å². The summed E-state index contributed by atoms with van der Waals surface area (Å²) in [5.74, 6) is -0.710. The zero-order valence-corrected chi connectivity index (χ0v) is 14.5. The van der Waals surface area contributed by atoms with Crippen molar-refractivity contribution in [3.8, 4) is 0 Å². The molecule has 0 aliphatic heterocycles. The first kappa shape index (κ1) is 19.8. The third-order valence-corrected chi connectivity index (χ3v) is 3.95. The van der Waals surface area contributed by atoms with Gasteiger partial charge >= 0.3 is 12.2 Å². The Hall–Kier alpha value is -2.54. The SMILES string of the molecule is CC(=O)CC(NC(=O)Nc1ccc(Cl)cc1)(c1ccccc1)C(F)(F)F. The highest BCUT2D eigenvalue weighted by molar-refractivity contribution is 6.30. The van der Waals surface area contributed by atoms with E-state index in [1.807, 2.05) is 5.32 Å². The molecule has 0 saturated carbocycles. The second-order valence-electron chi connectivity index (χ2n) is 5.73. The first-order valence-corrected chi connectivity index (χ1v) is 7.98. The van der Waals surface area contributed by atoms with Crippen molar-refractivity contribution < 1.29 is 22.8 Å². The van der Waals surface area contributed by atoms with Gasteiger partial charge in [-0.05, 0) is 36.8 Å². The van der Waals surface area contributed by atoms with Crippen molar-refractivity contribution in [2.45, 2.75) is 25.1 Å². The largest absolute Gasteiger partial charge is 0.416 e. The fourth-order valence-electron chi connectivity index (χ4n) is 2.54. The number of urea groups is 1. The smallest absolute Gasteiger partial charge is 0.319 e. The van der Waals surface area contributed by atoms with Crippen LogP contribution in [0.1, 0.15) is 18.9 Å². The number of amides is 2. The minimum Gasteiger partial charge on any atom is -0.319 e. The molecule has 0 aliphatic rings. The van der Waals surface area contributed by atoms with Crippen molar-refractivity contribution in [3.63, 3.8) is 0 Å². The molecule has 0 aliphatic carbocycles. The van der Waals surface area contributed by atoms with E-state index in [4.69, 9.17) is 11.6 Å². The summed E-state index contributed by atoms with van der Waals surface area (Å²) in [6.07, 6.45) is -5.81. The lowest BCUT2D eigenvalue weighted by atomic mass is 9.84. The Balaban J connectivity index is 2.38. The third kappa shape index (κ3) is 4.54. The molecule has 0 saturated heterocycles. The second-order valence-corrected chi connectivity index (χ2v) is 6.17. The lowest BCUT2D eigenvalue weighted by molar-refractivity contribution is -0.199. The number of rotatable bonds is 5. The van der Waals surface area contributed by atoms with E-state index in [1.54, 1.807) is 6.07 Å². The molecular weight excluding hydrogens is 369 g/mol. The lowest BCUT2D eigenvalue weighted by Crippen LogP contribution is -2.58. The number of benzene rings is 2. The first-order chi connectivity index (χ1) is 12.1. The van der Waals surface area contributed by atoms with Crippen LogP contribution in [-0.2, 0) is 10.3 Å². The number of carbonyl (C=O) groups is 2. The second kappa shape index (κ2) is 7.78. The van der Waals surface area contributed by atoms with Crippen LogP contribution in [0.5, 0.6) is 0 Å². The summed E-state index contributed by atoms with van der Waals surface area (Å²) in [5, 5.41) is 4.69. The minimum atomic E-state index is -4.89. The molecule has 0 spiro atoms. The van der Waals surface area contributed by atoms with Gasteiger partial charge in [-0.3, -0.25) is 4.79 Å². The van der Waals surface area contributed by atoms with Crippen LogP contribution >= 0.6 is 11.6 Å². The number of Topliss-reactive ketones (excluding diaryl/α,β-unsaturated/α-hetero) is 1. The number of alkyl halides is 3. The summed E-state index contributed by atoms with van der Waals surface area (Å²) in [6, 6.07) is 11.6. The fourth-order valence-corrected chi connectivity index (χ4v) is 2.66. The molecule has 0 bridgehead atoms. The maximum Gasteiger partial charge on any atom is 0.416 e. The monoisotopic (exact) mass is 384 g/mol. The molecule has 2 N–H and O–H groups in total. The number of hydrogen-bond donors (Lipinski definition) is 2. The zero-order valence-electron chi connectivity index (χ0n) is 13.7. The average molecular weight is 385 g/mol. The summed E-state index contributed by atoms with van der Waals surface area (Å²) in [4.78, 5) is 23.8. The van der Waals surface area contributed by atoms with Gasteiger partial charge < -0.3 is 10.6 Å². The predicted molar refractivity (Wildman–Crippen MR) is 93.1 cm³/mol. The summed E-state index contributed by atoms with van der Waals surface area (Å²) in [6.45, 7) is 1.04. The Bertz CT molecular complexity index is 779. The summed E-state index contributed by atoms with van der Waals surface area (Å²) < 4.78 is 41.9. The van der Waals surface area contributed by atoms with Crippen LogP contribution in [-0.4, -0.2) is 18.0 Å². The Morgan fingerprint density at radius 3 is 2.08 bits per heavy atom. The Kier molecular flexibility index (Phi) is 5.92. The van der Waals surface area contributed by atoms with Gasteiger partial charge in [-0.1, -0.05) is 41.9 Å². The minimum absolute atomic E-state index is 0.228. The Morgan fingerprint density at radius 1 is 1.00 bits per heavy atom. The molecule has 8 heteroatoms. The van der Waals surface area contributed by atoms with E-state index in [9.17, 15) is 22.8 Å². The van der Waals surface area contributed by atoms with E-state index in [0.29, 0.717) is 5.02 Å². The van der Waals surface area contributed by atoms with Gasteiger partial charge in [-0.2, -0.15) is 13.2 Å². The van der Waals surface area contributed by atoms with Crippen LogP contribution in [0.25, 0.3) is 0 Å². The molecular formula is C18H16ClF3N2O2. The van der Waals surface area contributed by atoms with Crippen molar-refractivity contribution in [1.29, 1.82) is 0 Å². The Labute approximate surface area is 153 Å². The normalized spacial score (nSPS) is 13.6. The Morgan fingerprint density at radius 2 is 1.58 bits per heavy atom. The number of nitrogens with one attached hydrogen (secondary N) is 2. The molecule has 1 unspecified atom stereocenters. The lowest BCUT2D eigenvalue weighted by Gasteiger charge is -2.36. The highest BCUT2D eigenvalue weighted by Gasteiger charge is 2.57. The van der Waals surface area contributed by atoms with Crippen molar-refractivity contribution in [3.05, 3.63) is 65.2 Å². The van der Waals surface area contributed by atoms with Crippen molar-refractivity contribution >= 4 is 29.1 Å². The topological polar surface area (TPSA) is 58.2 Å². The van der Waals surface area contributed by atoms with E-state index in [0.717, 1.165) is 6.92 Å². The van der Waals surface area contributed by atoms with E-state index < -0.39 is 30.0 Å². The average Bonchev–Trinajstić information content (AvgIpc) is 2.55. The van der Waals surface area contributed by atoms with Crippen LogP contribution in [0.2, 0.25) is 5.02 Å². The molecule has 0 heterocycles. The quantitative estimate of drug-likeness (QED) is 0.770. The maximum atomic E-state index is 14.0. The standard InChI is InChI=1S/C18H16ClF3N2O2/c1-12(25)11-17(18(20,21)22,13-5-3-2-4-6-13)24-16(26)23-15-9-7-14(19)8-10-15/h2-10H,11H2,1H3,(H2,23,24,26). The molecule has 0 radical (unpaired) electrons. The van der Waals surface area contributed by atoms with Crippen molar-refractivity contribution in [2.24, 2.45) is 0 Å². The number of hydrogen-bond acceptors (Lipinski definition) is 2. The van der Waals surface area contributed by atoms with Gasteiger partial charge in [0, 0.05) is 17.1 Å². The highest BCUT2D eigenvalue weighted by Crippen LogP contribution is 2.42. The van der Waals surface area contributed by atoms with Crippen molar-refractivity contribution in [1.82, 2.24) is 5.32 Å². The molecule has 138 valence electrons. The van der Waals surface area contributed by atoms with Crippen LogP contribution < -0.4 is 10.6 Å². The van der Waals surface area contributed by atoms with Gasteiger partial charge in [-0.15, -0.1) is 0 Å². The van der Waals surface area contributed by atoms with Gasteiger partial charge in [0.1, 0.15) is 5.78 Å². The third-order valence-electron chi connectivity index (χ3n) is 3.69. The van der Waals surface area contributed by atoms with Crippen LogP contribution in [0.3, 0.4) is 0 Å².